The highest BCUT2D eigenvalue weighted by Crippen LogP contribution is 2.69. The number of nitrogens with one attached hydrogen (secondary N) is 1. The molecule has 18 heavy (non-hydrogen) atoms. The highest BCUT2D eigenvalue weighted by molar-refractivity contribution is 5.82. The van der Waals surface area contributed by atoms with Gasteiger partial charge in [-0.15, -0.1) is 0 Å². The van der Waals surface area contributed by atoms with E-state index in [0.717, 1.165) is 23.7 Å². The lowest BCUT2D eigenvalue weighted by atomic mass is 10.0. The monoisotopic (exact) mass is 241 g/mol. The van der Waals surface area contributed by atoms with E-state index >= 15 is 0 Å². The van der Waals surface area contributed by atoms with Crippen LogP contribution in [0.1, 0.15) is 24.8 Å². The van der Waals surface area contributed by atoms with Crippen molar-refractivity contribution in [2.75, 3.05) is 0 Å². The van der Waals surface area contributed by atoms with E-state index in [1.54, 1.807) is 0 Å². The van der Waals surface area contributed by atoms with E-state index in [2.05, 4.69) is 17.4 Å². The molecule has 2 heteroatoms. The Morgan fingerprint density at radius 3 is 2.44 bits per heavy atom. The van der Waals surface area contributed by atoms with Crippen molar-refractivity contribution in [2.45, 2.75) is 25.8 Å². The highest BCUT2D eigenvalue weighted by Gasteiger charge is 2.67. The molecule has 2 bridgehead atoms. The van der Waals surface area contributed by atoms with E-state index in [1.165, 1.54) is 24.8 Å². The molecule has 94 valence electrons. The lowest BCUT2D eigenvalue weighted by Gasteiger charge is -2.09. The van der Waals surface area contributed by atoms with Crippen molar-refractivity contribution in [3.63, 3.8) is 0 Å². The Balaban J connectivity index is 1.36. The Hall–Kier alpha value is -1.31. The van der Waals surface area contributed by atoms with Gasteiger partial charge in [0, 0.05) is 12.5 Å². The normalized spacial score (nSPS) is 39.4. The summed E-state index contributed by atoms with van der Waals surface area (Å²) in [4.78, 5) is 12.2. The van der Waals surface area contributed by atoms with Gasteiger partial charge >= 0.3 is 0 Å². The van der Waals surface area contributed by atoms with Crippen LogP contribution in [-0.2, 0) is 11.3 Å². The Morgan fingerprint density at radius 2 is 1.78 bits per heavy atom. The molecule has 4 atom stereocenters. The van der Waals surface area contributed by atoms with Crippen molar-refractivity contribution in [1.29, 1.82) is 0 Å². The predicted molar refractivity (Wildman–Crippen MR) is 69.6 cm³/mol. The number of hydrogen-bond donors (Lipinski definition) is 1. The number of carbonyl (C=O) groups excluding carboxylic acids is 1. The SMILES string of the molecule is O=C(NCc1ccccc1)C1C2C3CCC(C3)C12. The molecule has 0 heterocycles. The number of fused-ring (bicyclic) bond motifs is 5. The molecule has 4 unspecified atom stereocenters. The molecule has 0 radical (unpaired) electrons. The first-order valence-corrected chi connectivity index (χ1v) is 7.16. The quantitative estimate of drug-likeness (QED) is 0.866. The summed E-state index contributed by atoms with van der Waals surface area (Å²) in [5.41, 5.74) is 1.19. The predicted octanol–water partition coefficient (Wildman–Crippen LogP) is 2.59. The van der Waals surface area contributed by atoms with Gasteiger partial charge in [0.2, 0.25) is 5.91 Å². The maximum absolute atomic E-state index is 12.2. The molecule has 3 aliphatic carbocycles. The molecule has 3 fully saturated rings. The fourth-order valence-corrected chi connectivity index (χ4v) is 4.58. The minimum Gasteiger partial charge on any atom is -0.352 e. The third-order valence-electron chi connectivity index (χ3n) is 5.35. The largest absolute Gasteiger partial charge is 0.352 e. The van der Waals surface area contributed by atoms with Gasteiger partial charge in [0.15, 0.2) is 0 Å². The lowest BCUT2D eigenvalue weighted by Crippen LogP contribution is -2.27. The van der Waals surface area contributed by atoms with Crippen LogP contribution in [-0.4, -0.2) is 5.91 Å². The lowest BCUT2D eigenvalue weighted by molar-refractivity contribution is -0.123. The van der Waals surface area contributed by atoms with E-state index in [0.29, 0.717) is 18.4 Å². The van der Waals surface area contributed by atoms with Crippen molar-refractivity contribution in [3.05, 3.63) is 35.9 Å². The Labute approximate surface area is 108 Å². The van der Waals surface area contributed by atoms with Crippen LogP contribution in [0.15, 0.2) is 30.3 Å². The standard InChI is InChI=1S/C16H19NO/c18-16(17-9-10-4-2-1-3-5-10)15-13-11-6-7-12(8-11)14(13)15/h1-5,11-15H,6-9H2,(H,17,18). The van der Waals surface area contributed by atoms with E-state index in [1.807, 2.05) is 18.2 Å². The van der Waals surface area contributed by atoms with Crippen molar-refractivity contribution >= 4 is 5.91 Å². The number of benzene rings is 1. The summed E-state index contributed by atoms with van der Waals surface area (Å²) >= 11 is 0. The van der Waals surface area contributed by atoms with Crippen LogP contribution in [0.25, 0.3) is 0 Å². The first-order valence-electron chi connectivity index (χ1n) is 7.16. The van der Waals surface area contributed by atoms with E-state index in [-0.39, 0.29) is 0 Å². The Kier molecular flexibility index (Phi) is 2.26. The average molecular weight is 241 g/mol. The van der Waals surface area contributed by atoms with E-state index in [9.17, 15) is 4.79 Å². The summed E-state index contributed by atoms with van der Waals surface area (Å²) in [6.45, 7) is 0.685. The third-order valence-corrected chi connectivity index (χ3v) is 5.35. The van der Waals surface area contributed by atoms with Gasteiger partial charge < -0.3 is 5.32 Å². The topological polar surface area (TPSA) is 29.1 Å². The second-order valence-electron chi connectivity index (χ2n) is 6.22. The number of rotatable bonds is 3. The molecule has 0 aromatic heterocycles. The highest BCUT2D eigenvalue weighted by atomic mass is 16.2. The molecule has 4 rings (SSSR count). The number of hydrogen-bond acceptors (Lipinski definition) is 1. The molecule has 1 aromatic carbocycles. The van der Waals surface area contributed by atoms with Crippen molar-refractivity contribution in [1.82, 2.24) is 5.32 Å². The zero-order chi connectivity index (χ0) is 12.1. The maximum atomic E-state index is 12.2. The molecule has 1 N–H and O–H groups in total. The fourth-order valence-electron chi connectivity index (χ4n) is 4.58. The van der Waals surface area contributed by atoms with Gasteiger partial charge in [-0.25, -0.2) is 0 Å². The molecule has 0 saturated heterocycles. The van der Waals surface area contributed by atoms with Gasteiger partial charge in [-0.1, -0.05) is 30.3 Å². The van der Waals surface area contributed by atoms with Crippen LogP contribution >= 0.6 is 0 Å². The van der Waals surface area contributed by atoms with Gasteiger partial charge in [-0.3, -0.25) is 4.79 Å². The van der Waals surface area contributed by atoms with Crippen molar-refractivity contribution < 1.29 is 4.79 Å². The second-order valence-corrected chi connectivity index (χ2v) is 6.22. The van der Waals surface area contributed by atoms with Crippen molar-refractivity contribution in [2.24, 2.45) is 29.6 Å². The van der Waals surface area contributed by atoms with Gasteiger partial charge in [0.25, 0.3) is 0 Å². The molecular formula is C16H19NO. The van der Waals surface area contributed by atoms with Gasteiger partial charge in [0.05, 0.1) is 0 Å². The second kappa shape index (κ2) is 3.84. The van der Waals surface area contributed by atoms with Crippen LogP contribution in [0.4, 0.5) is 0 Å². The molecular weight excluding hydrogens is 222 g/mol. The summed E-state index contributed by atoms with van der Waals surface area (Å²) in [6.07, 6.45) is 4.18. The zero-order valence-electron chi connectivity index (χ0n) is 10.5. The summed E-state index contributed by atoms with van der Waals surface area (Å²) in [6, 6.07) is 10.2. The van der Waals surface area contributed by atoms with Crippen LogP contribution in [0.3, 0.4) is 0 Å². The third kappa shape index (κ3) is 1.51. The first kappa shape index (κ1) is 10.6. The number of amides is 1. The van der Waals surface area contributed by atoms with Crippen LogP contribution < -0.4 is 5.32 Å². The zero-order valence-corrected chi connectivity index (χ0v) is 10.5. The first-order chi connectivity index (χ1) is 8.84. The average Bonchev–Trinajstić information content (AvgIpc) is 2.86. The van der Waals surface area contributed by atoms with Crippen LogP contribution in [0.2, 0.25) is 0 Å². The summed E-state index contributed by atoms with van der Waals surface area (Å²) in [7, 11) is 0. The molecule has 0 aliphatic heterocycles. The van der Waals surface area contributed by atoms with Gasteiger partial charge in [0.1, 0.15) is 0 Å². The Morgan fingerprint density at radius 1 is 1.11 bits per heavy atom. The minimum absolute atomic E-state index is 0.311. The van der Waals surface area contributed by atoms with Crippen LogP contribution in [0, 0.1) is 29.6 Å². The summed E-state index contributed by atoms with van der Waals surface area (Å²) in [5, 5.41) is 3.12. The molecule has 1 aromatic rings. The smallest absolute Gasteiger partial charge is 0.223 e. The Bertz CT molecular complexity index is 453. The molecule has 1 amide bonds. The van der Waals surface area contributed by atoms with Gasteiger partial charge in [-0.05, 0) is 48.5 Å². The van der Waals surface area contributed by atoms with E-state index < -0.39 is 0 Å². The van der Waals surface area contributed by atoms with Crippen LogP contribution in [0.5, 0.6) is 0 Å². The maximum Gasteiger partial charge on any atom is 0.223 e. The van der Waals surface area contributed by atoms with Crippen molar-refractivity contribution in [3.8, 4) is 0 Å². The number of carbonyl (C=O) groups is 1. The van der Waals surface area contributed by atoms with E-state index in [4.69, 9.17) is 0 Å². The molecule has 3 aliphatic rings. The molecule has 0 spiro atoms. The fraction of sp³-hybridized carbons (Fsp3) is 0.562. The summed E-state index contributed by atoms with van der Waals surface area (Å²) < 4.78 is 0. The molecule has 3 saturated carbocycles. The molecule has 2 nitrogen and oxygen atoms in total. The minimum atomic E-state index is 0.311. The summed E-state index contributed by atoms with van der Waals surface area (Å²) in [5.74, 6) is 3.93. The van der Waals surface area contributed by atoms with Gasteiger partial charge in [-0.2, -0.15) is 0 Å².